The Morgan fingerprint density at radius 3 is 2.19 bits per heavy atom. The lowest BCUT2D eigenvalue weighted by molar-refractivity contribution is -0.147. The molecule has 3 nitrogen and oxygen atoms in total. The molecule has 1 unspecified atom stereocenters. The van der Waals surface area contributed by atoms with Crippen molar-refractivity contribution >= 4 is 14.0 Å². The molecule has 1 aromatic carbocycles. The lowest BCUT2D eigenvalue weighted by Gasteiger charge is -2.34. The van der Waals surface area contributed by atoms with Gasteiger partial charge in [-0.15, -0.1) is 0 Å². The lowest BCUT2D eigenvalue weighted by atomic mass is 10.0. The second kappa shape index (κ2) is 7.76. The molecule has 0 fully saturated rings. The Hall–Kier alpha value is -1.13. The van der Waals surface area contributed by atoms with Crippen LogP contribution in [0.3, 0.4) is 0 Å². The van der Waals surface area contributed by atoms with Crippen LogP contribution < -0.4 is 5.32 Å². The summed E-state index contributed by atoms with van der Waals surface area (Å²) in [7, 11) is -1.52. The number of esters is 1. The SMILES string of the molecule is CCOC(=O)[C@@H](NC(c1ccccc1)[Si](C)(C)C)C(C)C. The zero-order chi connectivity index (χ0) is 16.0. The van der Waals surface area contributed by atoms with Gasteiger partial charge in [0.15, 0.2) is 0 Å². The van der Waals surface area contributed by atoms with E-state index in [0.29, 0.717) is 6.61 Å². The summed E-state index contributed by atoms with van der Waals surface area (Å²) in [5.74, 6) is 0.0540. The first-order chi connectivity index (χ1) is 9.77. The fourth-order valence-corrected chi connectivity index (χ4v) is 4.31. The minimum absolute atomic E-state index is 0.147. The number of rotatable bonds is 7. The number of carbonyl (C=O) groups excluding carboxylic acids is 1. The van der Waals surface area contributed by atoms with Gasteiger partial charge in [0.25, 0.3) is 0 Å². The van der Waals surface area contributed by atoms with Gasteiger partial charge in [0.2, 0.25) is 0 Å². The molecule has 1 rings (SSSR count). The minimum atomic E-state index is -1.52. The van der Waals surface area contributed by atoms with E-state index in [-0.39, 0.29) is 23.6 Å². The van der Waals surface area contributed by atoms with Crippen molar-refractivity contribution < 1.29 is 9.53 Å². The van der Waals surface area contributed by atoms with Crippen molar-refractivity contribution in [2.45, 2.75) is 52.1 Å². The van der Waals surface area contributed by atoms with E-state index in [1.165, 1.54) is 5.56 Å². The van der Waals surface area contributed by atoms with Gasteiger partial charge < -0.3 is 4.74 Å². The van der Waals surface area contributed by atoms with Gasteiger partial charge in [-0.3, -0.25) is 10.1 Å². The minimum Gasteiger partial charge on any atom is -0.465 e. The van der Waals surface area contributed by atoms with Crippen LogP contribution in [0.15, 0.2) is 30.3 Å². The molecule has 0 aromatic heterocycles. The van der Waals surface area contributed by atoms with Crippen molar-refractivity contribution in [1.82, 2.24) is 5.32 Å². The third kappa shape index (κ3) is 5.29. The molecule has 0 saturated heterocycles. The highest BCUT2D eigenvalue weighted by molar-refractivity contribution is 6.77. The molecule has 0 aliphatic rings. The Balaban J connectivity index is 3.02. The van der Waals surface area contributed by atoms with Gasteiger partial charge in [0.1, 0.15) is 6.04 Å². The zero-order valence-electron chi connectivity index (χ0n) is 14.1. The molecule has 0 heterocycles. The van der Waals surface area contributed by atoms with Gasteiger partial charge in [0, 0.05) is 5.67 Å². The maximum atomic E-state index is 12.2. The predicted octanol–water partition coefficient (Wildman–Crippen LogP) is 3.78. The Bertz CT molecular complexity index is 440. The highest BCUT2D eigenvalue weighted by Crippen LogP contribution is 2.26. The molecule has 0 spiro atoms. The molecule has 0 saturated carbocycles. The van der Waals surface area contributed by atoms with Gasteiger partial charge >= 0.3 is 5.97 Å². The van der Waals surface area contributed by atoms with Crippen molar-refractivity contribution in [2.75, 3.05) is 6.61 Å². The first-order valence-corrected chi connectivity index (χ1v) is 11.3. The number of hydrogen-bond donors (Lipinski definition) is 1. The molecule has 1 N–H and O–H groups in total. The van der Waals surface area contributed by atoms with Gasteiger partial charge in [-0.1, -0.05) is 63.8 Å². The molecule has 118 valence electrons. The van der Waals surface area contributed by atoms with E-state index in [9.17, 15) is 4.79 Å². The molecule has 0 aliphatic carbocycles. The van der Waals surface area contributed by atoms with Crippen LogP contribution in [0.4, 0.5) is 0 Å². The number of nitrogens with one attached hydrogen (secondary N) is 1. The number of benzene rings is 1. The average molecular weight is 308 g/mol. The number of hydrogen-bond acceptors (Lipinski definition) is 3. The van der Waals surface area contributed by atoms with E-state index in [1.807, 2.05) is 13.0 Å². The summed E-state index contributed by atoms with van der Waals surface area (Å²) in [4.78, 5) is 12.2. The summed E-state index contributed by atoms with van der Waals surface area (Å²) in [5.41, 5.74) is 1.49. The van der Waals surface area contributed by atoms with E-state index < -0.39 is 8.07 Å². The lowest BCUT2D eigenvalue weighted by Crippen LogP contribution is -2.51. The Morgan fingerprint density at radius 2 is 1.76 bits per heavy atom. The van der Waals surface area contributed by atoms with E-state index in [4.69, 9.17) is 4.74 Å². The van der Waals surface area contributed by atoms with Crippen LogP contribution in [0.2, 0.25) is 19.6 Å². The smallest absolute Gasteiger partial charge is 0.323 e. The second-order valence-electron chi connectivity index (χ2n) is 6.85. The van der Waals surface area contributed by atoms with Crippen LogP contribution in [-0.2, 0) is 9.53 Å². The van der Waals surface area contributed by atoms with Gasteiger partial charge in [-0.2, -0.15) is 0 Å². The maximum absolute atomic E-state index is 12.2. The zero-order valence-corrected chi connectivity index (χ0v) is 15.1. The second-order valence-corrected chi connectivity index (χ2v) is 12.2. The van der Waals surface area contributed by atoms with Crippen molar-refractivity contribution in [3.63, 3.8) is 0 Å². The summed E-state index contributed by atoms with van der Waals surface area (Å²) >= 11 is 0. The quantitative estimate of drug-likeness (QED) is 0.615. The van der Waals surface area contributed by atoms with Crippen molar-refractivity contribution in [1.29, 1.82) is 0 Å². The van der Waals surface area contributed by atoms with Gasteiger partial charge in [-0.25, -0.2) is 0 Å². The molecule has 21 heavy (non-hydrogen) atoms. The maximum Gasteiger partial charge on any atom is 0.323 e. The van der Waals surface area contributed by atoms with Crippen LogP contribution in [0.1, 0.15) is 32.0 Å². The molecule has 4 heteroatoms. The first-order valence-electron chi connectivity index (χ1n) is 7.75. The Kier molecular flexibility index (Phi) is 6.62. The van der Waals surface area contributed by atoms with Crippen LogP contribution >= 0.6 is 0 Å². The topological polar surface area (TPSA) is 38.3 Å². The largest absolute Gasteiger partial charge is 0.465 e. The monoisotopic (exact) mass is 307 g/mol. The summed E-state index contributed by atoms with van der Waals surface area (Å²) in [6.07, 6.45) is 0. The summed E-state index contributed by atoms with van der Waals surface area (Å²) in [6, 6.07) is 10.1. The van der Waals surface area contributed by atoms with Crippen molar-refractivity contribution in [3.8, 4) is 0 Å². The van der Waals surface area contributed by atoms with Crippen molar-refractivity contribution in [3.05, 3.63) is 35.9 Å². The molecule has 1 aromatic rings. The summed E-state index contributed by atoms with van der Waals surface area (Å²) < 4.78 is 5.23. The number of ether oxygens (including phenoxy) is 1. The van der Waals surface area contributed by atoms with Crippen LogP contribution in [-0.4, -0.2) is 26.7 Å². The highest BCUT2D eigenvalue weighted by atomic mass is 28.3. The van der Waals surface area contributed by atoms with E-state index >= 15 is 0 Å². The summed E-state index contributed by atoms with van der Waals surface area (Å²) in [6.45, 7) is 13.3. The Labute approximate surface area is 130 Å². The molecular weight excluding hydrogens is 278 g/mol. The summed E-state index contributed by atoms with van der Waals surface area (Å²) in [5, 5.41) is 3.58. The van der Waals surface area contributed by atoms with Crippen LogP contribution in [0.5, 0.6) is 0 Å². The normalized spacial score (nSPS) is 14.8. The van der Waals surface area contributed by atoms with E-state index in [1.54, 1.807) is 0 Å². The Morgan fingerprint density at radius 1 is 1.19 bits per heavy atom. The molecule has 0 radical (unpaired) electrons. The van der Waals surface area contributed by atoms with E-state index in [0.717, 1.165) is 0 Å². The molecule has 2 atom stereocenters. The van der Waals surface area contributed by atoms with Gasteiger partial charge in [0.05, 0.1) is 14.7 Å². The van der Waals surface area contributed by atoms with Crippen LogP contribution in [0.25, 0.3) is 0 Å². The average Bonchev–Trinajstić information content (AvgIpc) is 2.38. The predicted molar refractivity (Wildman–Crippen MR) is 90.9 cm³/mol. The molecule has 0 aliphatic heterocycles. The molecule has 0 bridgehead atoms. The fourth-order valence-electron chi connectivity index (χ4n) is 2.44. The van der Waals surface area contributed by atoms with Crippen LogP contribution in [0, 0.1) is 5.92 Å². The van der Waals surface area contributed by atoms with Gasteiger partial charge in [-0.05, 0) is 18.4 Å². The highest BCUT2D eigenvalue weighted by Gasteiger charge is 2.34. The number of carbonyl (C=O) groups is 1. The first kappa shape index (κ1) is 17.9. The third-order valence-electron chi connectivity index (χ3n) is 3.55. The standard InChI is InChI=1S/C17H29NO2Si/c1-7-20-17(19)15(13(2)3)18-16(21(4,5)6)14-11-9-8-10-12-14/h8-13,15-16,18H,7H2,1-6H3/t15-,16?/m0/s1. The molecular formula is C17H29NO2Si. The molecule has 0 amide bonds. The van der Waals surface area contributed by atoms with E-state index in [2.05, 4.69) is 63.1 Å². The third-order valence-corrected chi connectivity index (χ3v) is 5.78. The fraction of sp³-hybridized carbons (Fsp3) is 0.588. The van der Waals surface area contributed by atoms with Crippen molar-refractivity contribution in [2.24, 2.45) is 5.92 Å².